The third-order valence-electron chi connectivity index (χ3n) is 4.50. The van der Waals surface area contributed by atoms with E-state index in [9.17, 15) is 0 Å². The van der Waals surface area contributed by atoms with E-state index in [0.717, 1.165) is 29.0 Å². The minimum atomic E-state index is 0.0625. The molecule has 1 unspecified atom stereocenters. The van der Waals surface area contributed by atoms with Crippen molar-refractivity contribution < 1.29 is 9.47 Å². The van der Waals surface area contributed by atoms with Crippen LogP contribution in [0.4, 0.5) is 0 Å². The van der Waals surface area contributed by atoms with Crippen LogP contribution < -0.4 is 14.8 Å². The van der Waals surface area contributed by atoms with Crippen LogP contribution in [0, 0.1) is 0 Å². The lowest BCUT2D eigenvalue weighted by molar-refractivity contribution is 0.296. The lowest BCUT2D eigenvalue weighted by Crippen LogP contribution is -2.22. The number of benzene rings is 2. The quantitative estimate of drug-likeness (QED) is 0.755. The van der Waals surface area contributed by atoms with Gasteiger partial charge >= 0.3 is 0 Å². The third kappa shape index (κ3) is 3.70. The van der Waals surface area contributed by atoms with Crippen LogP contribution >= 0.6 is 0 Å². The number of nitrogens with one attached hydrogen (secondary N) is 1. The van der Waals surface area contributed by atoms with E-state index in [0.29, 0.717) is 19.8 Å². The number of ether oxygens (including phenoxy) is 2. The van der Waals surface area contributed by atoms with Gasteiger partial charge in [-0.3, -0.25) is 4.98 Å². The zero-order chi connectivity index (χ0) is 17.6. The maximum Gasteiger partial charge on any atom is 0.165 e. The largest absolute Gasteiger partial charge is 0.490 e. The number of rotatable bonds is 5. The molecule has 2 heterocycles. The van der Waals surface area contributed by atoms with Crippen LogP contribution in [0.1, 0.15) is 29.2 Å². The van der Waals surface area contributed by atoms with Crippen molar-refractivity contribution in [3.05, 3.63) is 89.7 Å². The first kappa shape index (κ1) is 16.6. The van der Waals surface area contributed by atoms with E-state index in [4.69, 9.17) is 9.47 Å². The minimum absolute atomic E-state index is 0.0625. The molecule has 1 aliphatic heterocycles. The molecule has 2 aromatic carbocycles. The fraction of sp³-hybridized carbons (Fsp3) is 0.227. The highest BCUT2D eigenvalue weighted by molar-refractivity contribution is 5.47. The zero-order valence-electron chi connectivity index (χ0n) is 14.6. The number of fused-ring (bicyclic) bond motifs is 1. The predicted molar refractivity (Wildman–Crippen MR) is 101 cm³/mol. The van der Waals surface area contributed by atoms with Gasteiger partial charge in [-0.1, -0.05) is 48.5 Å². The van der Waals surface area contributed by atoms with Gasteiger partial charge in [0.15, 0.2) is 11.5 Å². The van der Waals surface area contributed by atoms with Crippen molar-refractivity contribution in [3.8, 4) is 11.5 Å². The zero-order valence-corrected chi connectivity index (χ0v) is 14.6. The SMILES string of the molecule is c1ccc(C(NCc2cccc3c2OCCCO3)c2cccnc2)cc1. The topological polar surface area (TPSA) is 43.4 Å². The number of hydrogen-bond acceptors (Lipinski definition) is 4. The fourth-order valence-corrected chi connectivity index (χ4v) is 3.23. The van der Waals surface area contributed by atoms with Gasteiger partial charge in [0.25, 0.3) is 0 Å². The van der Waals surface area contributed by atoms with E-state index < -0.39 is 0 Å². The number of para-hydroxylation sites is 1. The lowest BCUT2D eigenvalue weighted by atomic mass is 10.00. The van der Waals surface area contributed by atoms with Gasteiger partial charge in [-0.15, -0.1) is 0 Å². The first-order valence-corrected chi connectivity index (χ1v) is 8.97. The highest BCUT2D eigenvalue weighted by atomic mass is 16.5. The summed E-state index contributed by atoms with van der Waals surface area (Å²) in [5, 5.41) is 3.66. The molecule has 3 aromatic rings. The van der Waals surface area contributed by atoms with Crippen LogP contribution in [-0.4, -0.2) is 18.2 Å². The summed E-state index contributed by atoms with van der Waals surface area (Å²) >= 11 is 0. The van der Waals surface area contributed by atoms with E-state index >= 15 is 0 Å². The molecule has 1 atom stereocenters. The van der Waals surface area contributed by atoms with Gasteiger partial charge in [0, 0.05) is 30.9 Å². The smallest absolute Gasteiger partial charge is 0.165 e. The van der Waals surface area contributed by atoms with Crippen molar-refractivity contribution in [2.24, 2.45) is 0 Å². The Balaban J connectivity index is 1.60. The van der Waals surface area contributed by atoms with Gasteiger partial charge in [-0.2, -0.15) is 0 Å². The summed E-state index contributed by atoms with van der Waals surface area (Å²) in [4.78, 5) is 4.28. The Kier molecular flexibility index (Phi) is 5.12. The Morgan fingerprint density at radius 1 is 0.885 bits per heavy atom. The number of hydrogen-bond donors (Lipinski definition) is 1. The van der Waals surface area contributed by atoms with Crippen molar-refractivity contribution in [2.45, 2.75) is 19.0 Å². The summed E-state index contributed by atoms with van der Waals surface area (Å²) in [6.07, 6.45) is 4.62. The Labute approximate surface area is 153 Å². The van der Waals surface area contributed by atoms with Gasteiger partial charge in [-0.25, -0.2) is 0 Å². The second-order valence-electron chi connectivity index (χ2n) is 6.31. The summed E-state index contributed by atoms with van der Waals surface area (Å²) < 4.78 is 11.7. The van der Waals surface area contributed by atoms with Crippen LogP contribution in [0.5, 0.6) is 11.5 Å². The third-order valence-corrected chi connectivity index (χ3v) is 4.50. The number of aromatic nitrogens is 1. The summed E-state index contributed by atoms with van der Waals surface area (Å²) in [5.41, 5.74) is 3.45. The van der Waals surface area contributed by atoms with Gasteiger partial charge in [-0.05, 0) is 23.3 Å². The molecule has 4 heteroatoms. The Bertz CT molecular complexity index is 798. The van der Waals surface area contributed by atoms with Crippen LogP contribution in [0.3, 0.4) is 0 Å². The molecule has 4 rings (SSSR count). The first-order chi connectivity index (χ1) is 12.9. The molecular weight excluding hydrogens is 324 g/mol. The highest BCUT2D eigenvalue weighted by Gasteiger charge is 2.17. The standard InChI is InChI=1S/C22H22N2O2/c1-2-7-17(8-3-1)21(18-10-5-12-23-15-18)24-16-19-9-4-11-20-22(19)26-14-6-13-25-20/h1-5,7-12,15,21,24H,6,13-14,16H2. The average Bonchev–Trinajstić information content (AvgIpc) is 2.96. The van der Waals surface area contributed by atoms with Crippen LogP contribution in [0.2, 0.25) is 0 Å². The highest BCUT2D eigenvalue weighted by Crippen LogP contribution is 2.33. The van der Waals surface area contributed by atoms with Crippen molar-refractivity contribution in [1.29, 1.82) is 0 Å². The summed E-state index contributed by atoms with van der Waals surface area (Å²) in [7, 11) is 0. The molecule has 1 aliphatic rings. The van der Waals surface area contributed by atoms with E-state index in [1.807, 2.05) is 30.5 Å². The Morgan fingerprint density at radius 3 is 2.58 bits per heavy atom. The van der Waals surface area contributed by atoms with Gasteiger partial charge in [0.2, 0.25) is 0 Å². The molecule has 0 saturated carbocycles. The van der Waals surface area contributed by atoms with E-state index in [2.05, 4.69) is 46.7 Å². The molecule has 0 saturated heterocycles. The molecule has 4 nitrogen and oxygen atoms in total. The molecule has 26 heavy (non-hydrogen) atoms. The number of pyridine rings is 1. The maximum atomic E-state index is 5.95. The first-order valence-electron chi connectivity index (χ1n) is 8.97. The molecule has 0 spiro atoms. The van der Waals surface area contributed by atoms with Crippen molar-refractivity contribution >= 4 is 0 Å². The fourth-order valence-electron chi connectivity index (χ4n) is 3.23. The van der Waals surface area contributed by atoms with E-state index in [1.165, 1.54) is 5.56 Å². The summed E-state index contributed by atoms with van der Waals surface area (Å²) in [5.74, 6) is 1.69. The molecular formula is C22H22N2O2. The second-order valence-corrected chi connectivity index (χ2v) is 6.31. The minimum Gasteiger partial charge on any atom is -0.490 e. The van der Waals surface area contributed by atoms with E-state index in [1.54, 1.807) is 6.20 Å². The Morgan fingerprint density at radius 2 is 1.73 bits per heavy atom. The van der Waals surface area contributed by atoms with Crippen molar-refractivity contribution in [3.63, 3.8) is 0 Å². The van der Waals surface area contributed by atoms with Crippen LogP contribution in [0.15, 0.2) is 73.1 Å². The van der Waals surface area contributed by atoms with Gasteiger partial charge < -0.3 is 14.8 Å². The van der Waals surface area contributed by atoms with Crippen molar-refractivity contribution in [2.75, 3.05) is 13.2 Å². The molecule has 0 fully saturated rings. The number of nitrogens with zero attached hydrogens (tertiary/aromatic N) is 1. The molecule has 0 radical (unpaired) electrons. The van der Waals surface area contributed by atoms with Crippen LogP contribution in [-0.2, 0) is 6.54 Å². The molecule has 1 aromatic heterocycles. The van der Waals surface area contributed by atoms with Gasteiger partial charge in [0.1, 0.15) is 0 Å². The predicted octanol–water partition coefficient (Wildman–Crippen LogP) is 4.12. The Hall–Kier alpha value is -2.85. The normalized spacial score (nSPS) is 14.5. The monoisotopic (exact) mass is 346 g/mol. The maximum absolute atomic E-state index is 5.95. The van der Waals surface area contributed by atoms with Crippen molar-refractivity contribution in [1.82, 2.24) is 10.3 Å². The molecule has 0 bridgehead atoms. The summed E-state index contributed by atoms with van der Waals surface area (Å²) in [6, 6.07) is 20.6. The van der Waals surface area contributed by atoms with E-state index in [-0.39, 0.29) is 6.04 Å². The summed E-state index contributed by atoms with van der Waals surface area (Å²) in [6.45, 7) is 2.07. The molecule has 0 amide bonds. The lowest BCUT2D eigenvalue weighted by Gasteiger charge is -2.21. The second kappa shape index (κ2) is 8.02. The average molecular weight is 346 g/mol. The van der Waals surface area contributed by atoms with Gasteiger partial charge in [0.05, 0.1) is 19.3 Å². The molecule has 0 aliphatic carbocycles. The molecule has 132 valence electrons. The van der Waals surface area contributed by atoms with Crippen LogP contribution in [0.25, 0.3) is 0 Å². The molecule has 1 N–H and O–H groups in total.